The summed E-state index contributed by atoms with van der Waals surface area (Å²) in [4.78, 5) is 28.5. The summed E-state index contributed by atoms with van der Waals surface area (Å²) < 4.78 is 4.90. The summed E-state index contributed by atoms with van der Waals surface area (Å²) in [6.07, 6.45) is -1.44. The lowest BCUT2D eigenvalue weighted by atomic mass is 10.1. The highest BCUT2D eigenvalue weighted by molar-refractivity contribution is 6.00. The summed E-state index contributed by atoms with van der Waals surface area (Å²) in [5.41, 5.74) is 6.77. The molecule has 0 aromatic heterocycles. The van der Waals surface area contributed by atoms with E-state index in [4.69, 9.17) is 10.5 Å². The van der Waals surface area contributed by atoms with Crippen LogP contribution in [0.25, 0.3) is 0 Å². The second kappa shape index (κ2) is 4.84. The zero-order valence-corrected chi connectivity index (χ0v) is 10.7. The minimum Gasteiger partial charge on any atom is -0.434 e. The van der Waals surface area contributed by atoms with Gasteiger partial charge in [0.25, 0.3) is 5.91 Å². The normalized spacial score (nSPS) is 21.4. The Kier molecular flexibility index (Phi) is 3.02. The van der Waals surface area contributed by atoms with Gasteiger partial charge in [0.2, 0.25) is 0 Å². The molecule has 3 rings (SSSR count). The van der Waals surface area contributed by atoms with Crippen molar-refractivity contribution in [1.82, 2.24) is 5.32 Å². The Balaban J connectivity index is 1.78. The number of ether oxygens (including phenoxy) is 1. The number of nitrogens with zero attached hydrogens (tertiary/aromatic N) is 2. The van der Waals surface area contributed by atoms with Crippen LogP contribution in [-0.2, 0) is 9.53 Å². The van der Waals surface area contributed by atoms with E-state index in [9.17, 15) is 9.59 Å². The number of carbonyl (C=O) groups excluding carboxylic acids is 2. The van der Waals surface area contributed by atoms with E-state index in [-0.39, 0.29) is 6.54 Å². The average molecular weight is 274 g/mol. The lowest BCUT2D eigenvalue weighted by Crippen LogP contribution is -2.32. The number of nitrogens with one attached hydrogen (secondary N) is 1. The fourth-order valence-corrected chi connectivity index (χ4v) is 2.21. The number of cyclic esters (lactones) is 1. The van der Waals surface area contributed by atoms with Crippen LogP contribution in [0.5, 0.6) is 0 Å². The molecule has 2 amide bonds. The number of benzene rings is 1. The van der Waals surface area contributed by atoms with Gasteiger partial charge in [-0.05, 0) is 24.3 Å². The second-order valence-corrected chi connectivity index (χ2v) is 4.59. The fourth-order valence-electron chi connectivity index (χ4n) is 2.21. The number of amidine groups is 1. The first-order valence-electron chi connectivity index (χ1n) is 6.31. The van der Waals surface area contributed by atoms with E-state index in [0.29, 0.717) is 5.69 Å². The third kappa shape index (κ3) is 2.18. The topological polar surface area (TPSA) is 97.0 Å². The molecule has 104 valence electrons. The number of rotatable bonds is 3. The van der Waals surface area contributed by atoms with Crippen molar-refractivity contribution >= 4 is 23.5 Å². The first kappa shape index (κ1) is 12.5. The van der Waals surface area contributed by atoms with E-state index in [1.165, 1.54) is 4.90 Å². The Morgan fingerprint density at radius 2 is 2.15 bits per heavy atom. The number of hydrogen-bond acceptors (Lipinski definition) is 5. The van der Waals surface area contributed by atoms with E-state index in [1.54, 1.807) is 12.1 Å². The molecule has 7 nitrogen and oxygen atoms in total. The van der Waals surface area contributed by atoms with Crippen LogP contribution in [0.4, 0.5) is 10.5 Å². The summed E-state index contributed by atoms with van der Waals surface area (Å²) >= 11 is 0. The lowest BCUT2D eigenvalue weighted by Gasteiger charge is -2.13. The molecule has 0 radical (unpaired) electrons. The number of carbonyl (C=O) groups is 2. The molecule has 2 aliphatic heterocycles. The highest BCUT2D eigenvalue weighted by Crippen LogP contribution is 2.22. The molecule has 20 heavy (non-hydrogen) atoms. The van der Waals surface area contributed by atoms with Gasteiger partial charge in [0.15, 0.2) is 6.10 Å². The summed E-state index contributed by atoms with van der Waals surface area (Å²) in [5.74, 6) is 0.220. The number of nitrogens with two attached hydrogens (primary N) is 1. The van der Waals surface area contributed by atoms with Gasteiger partial charge in [0.1, 0.15) is 5.84 Å². The van der Waals surface area contributed by atoms with Gasteiger partial charge in [-0.2, -0.15) is 0 Å². The van der Waals surface area contributed by atoms with E-state index < -0.39 is 18.1 Å². The maximum Gasteiger partial charge on any atom is 0.415 e. The molecule has 1 saturated heterocycles. The van der Waals surface area contributed by atoms with Crippen molar-refractivity contribution in [1.29, 1.82) is 0 Å². The van der Waals surface area contributed by atoms with Gasteiger partial charge in [0, 0.05) is 17.8 Å². The maximum absolute atomic E-state index is 11.7. The Morgan fingerprint density at radius 3 is 2.70 bits per heavy atom. The first-order valence-corrected chi connectivity index (χ1v) is 6.31. The summed E-state index contributed by atoms with van der Waals surface area (Å²) in [5, 5.41) is 3.18. The van der Waals surface area contributed by atoms with Crippen molar-refractivity contribution < 1.29 is 14.3 Å². The molecule has 1 aromatic carbocycles. The van der Waals surface area contributed by atoms with Gasteiger partial charge in [0.05, 0.1) is 13.1 Å². The van der Waals surface area contributed by atoms with Gasteiger partial charge < -0.3 is 15.8 Å². The molecule has 0 bridgehead atoms. The average Bonchev–Trinajstić information content (AvgIpc) is 3.08. The van der Waals surface area contributed by atoms with E-state index in [0.717, 1.165) is 24.5 Å². The van der Waals surface area contributed by atoms with Crippen LogP contribution in [0, 0.1) is 0 Å². The van der Waals surface area contributed by atoms with E-state index in [1.807, 2.05) is 12.1 Å². The highest BCUT2D eigenvalue weighted by Gasteiger charge is 2.35. The smallest absolute Gasteiger partial charge is 0.415 e. The van der Waals surface area contributed by atoms with Gasteiger partial charge >= 0.3 is 6.09 Å². The zero-order valence-electron chi connectivity index (χ0n) is 10.7. The predicted molar refractivity (Wildman–Crippen MR) is 72.7 cm³/mol. The molecule has 0 spiro atoms. The Morgan fingerprint density at radius 1 is 1.40 bits per heavy atom. The minimum absolute atomic E-state index is 0.146. The standard InChI is InChI=1S/C13H14N4O3/c14-11(18)10-7-17(13(19)20-10)9-3-1-8(2-4-9)12-15-5-6-16-12/h1-4,10H,5-7H2,(H2,14,18)(H,15,16)/t10-/m0/s1. The molecular formula is C13H14N4O3. The van der Waals surface area contributed by atoms with Crippen LogP contribution in [0.2, 0.25) is 0 Å². The van der Waals surface area contributed by atoms with Gasteiger partial charge in [-0.1, -0.05) is 0 Å². The second-order valence-electron chi connectivity index (χ2n) is 4.59. The van der Waals surface area contributed by atoms with Crippen molar-refractivity contribution in [2.75, 3.05) is 24.5 Å². The van der Waals surface area contributed by atoms with Gasteiger partial charge in [-0.3, -0.25) is 14.7 Å². The fraction of sp³-hybridized carbons (Fsp3) is 0.308. The summed E-state index contributed by atoms with van der Waals surface area (Å²) in [6.45, 7) is 1.76. The van der Waals surface area contributed by atoms with Crippen LogP contribution in [0.3, 0.4) is 0 Å². The van der Waals surface area contributed by atoms with Crippen molar-refractivity contribution in [3.63, 3.8) is 0 Å². The molecule has 7 heteroatoms. The molecule has 2 heterocycles. The molecular weight excluding hydrogens is 260 g/mol. The quantitative estimate of drug-likeness (QED) is 0.800. The number of hydrogen-bond donors (Lipinski definition) is 2. The number of primary amides is 1. The van der Waals surface area contributed by atoms with Gasteiger partial charge in [-0.15, -0.1) is 0 Å². The monoisotopic (exact) mass is 274 g/mol. The SMILES string of the molecule is NC(=O)[C@@H]1CN(c2ccc(C3=NCCN3)cc2)C(=O)O1. The van der Waals surface area contributed by atoms with E-state index >= 15 is 0 Å². The molecule has 3 N–H and O–H groups in total. The molecule has 0 saturated carbocycles. The van der Waals surface area contributed by atoms with Crippen molar-refractivity contribution in [3.05, 3.63) is 29.8 Å². The Hall–Kier alpha value is -2.57. The molecule has 1 aromatic rings. The Bertz CT molecular complexity index is 582. The molecule has 1 fully saturated rings. The minimum atomic E-state index is -0.886. The van der Waals surface area contributed by atoms with Crippen LogP contribution in [-0.4, -0.2) is 43.6 Å². The van der Waals surface area contributed by atoms with E-state index in [2.05, 4.69) is 10.3 Å². The first-order chi connectivity index (χ1) is 9.65. The van der Waals surface area contributed by atoms with Crippen molar-refractivity contribution in [2.24, 2.45) is 10.7 Å². The van der Waals surface area contributed by atoms with Crippen LogP contribution < -0.4 is 16.0 Å². The van der Waals surface area contributed by atoms with Crippen molar-refractivity contribution in [3.8, 4) is 0 Å². The van der Waals surface area contributed by atoms with Gasteiger partial charge in [-0.25, -0.2) is 4.79 Å². The third-order valence-electron chi connectivity index (χ3n) is 3.26. The molecule has 1 atom stereocenters. The maximum atomic E-state index is 11.7. The summed E-state index contributed by atoms with van der Waals surface area (Å²) in [7, 11) is 0. The lowest BCUT2D eigenvalue weighted by molar-refractivity contribution is -0.124. The van der Waals surface area contributed by atoms with Crippen molar-refractivity contribution in [2.45, 2.75) is 6.10 Å². The third-order valence-corrected chi connectivity index (χ3v) is 3.26. The molecule has 0 unspecified atom stereocenters. The molecule has 2 aliphatic rings. The van der Waals surface area contributed by atoms with Crippen LogP contribution >= 0.6 is 0 Å². The zero-order chi connectivity index (χ0) is 14.1. The number of anilines is 1. The summed E-state index contributed by atoms with van der Waals surface area (Å²) in [6, 6.07) is 7.33. The Labute approximate surface area is 115 Å². The number of aliphatic imine (C=N–C) groups is 1. The van der Waals surface area contributed by atoms with Crippen LogP contribution in [0.15, 0.2) is 29.3 Å². The number of amides is 2. The highest BCUT2D eigenvalue weighted by atomic mass is 16.6. The largest absolute Gasteiger partial charge is 0.434 e. The predicted octanol–water partition coefficient (Wildman–Crippen LogP) is -0.153. The van der Waals surface area contributed by atoms with Crippen LogP contribution in [0.1, 0.15) is 5.56 Å². The molecule has 0 aliphatic carbocycles.